The van der Waals surface area contributed by atoms with E-state index < -0.39 is 16.7 Å². The van der Waals surface area contributed by atoms with Gasteiger partial charge in [-0.2, -0.15) is 0 Å². The molecule has 2 N–H and O–H groups in total. The Hall–Kier alpha value is 0.840. The summed E-state index contributed by atoms with van der Waals surface area (Å²) in [6.07, 6.45) is -0.00116. The Morgan fingerprint density at radius 1 is 1.56 bits per heavy atom. The zero-order valence-electron chi connectivity index (χ0n) is 6.30. The molecule has 3 nitrogen and oxygen atoms in total. The number of nitrogens with two attached hydrogens (primary N) is 1. The van der Waals surface area contributed by atoms with Gasteiger partial charge in [0.2, 0.25) is 10.0 Å². The second-order valence-corrected chi connectivity index (χ2v) is 3.14. The number of alkyl halides is 1. The molecule has 52 valence electrons. The van der Waals surface area contributed by atoms with E-state index in [9.17, 15) is 12.8 Å². The number of hydrogen-bond donors (Lipinski definition) is 1. The smallest absolute Gasteiger partial charge is 1.00 e. The predicted octanol–water partition coefficient (Wildman–Crippen LogP) is -3.25. The third-order valence-corrected chi connectivity index (χ3v) is 1.42. The molecule has 0 amide bonds. The Morgan fingerprint density at radius 2 is 2.00 bits per heavy atom. The standard InChI is InChI=1S/C3H8FNO2S.Na.H/c4-2-1-3-8(5,6)7;;/h1-3H2,(H2,5,6,7);;/q;+1;-1. The monoisotopic (exact) mass is 165 g/mol. The molecule has 9 heavy (non-hydrogen) atoms. The topological polar surface area (TPSA) is 60.2 Å². The van der Waals surface area contributed by atoms with E-state index in [0.717, 1.165) is 0 Å². The van der Waals surface area contributed by atoms with Crippen molar-refractivity contribution in [3.05, 3.63) is 0 Å². The van der Waals surface area contributed by atoms with E-state index in [-0.39, 0.29) is 43.2 Å². The van der Waals surface area contributed by atoms with E-state index in [4.69, 9.17) is 0 Å². The van der Waals surface area contributed by atoms with Crippen molar-refractivity contribution in [2.24, 2.45) is 5.14 Å². The Morgan fingerprint density at radius 3 is 2.11 bits per heavy atom. The molecule has 0 saturated carbocycles. The molecule has 0 aliphatic carbocycles. The first kappa shape index (κ1) is 12.5. The largest absolute Gasteiger partial charge is 1.00 e. The number of halogens is 1. The quantitative estimate of drug-likeness (QED) is 0.446. The Bertz CT molecular complexity index is 151. The molecule has 6 heteroatoms. The molecule has 0 spiro atoms. The molecule has 0 unspecified atom stereocenters. The number of rotatable bonds is 3. The molecule has 0 aromatic rings. The van der Waals surface area contributed by atoms with Gasteiger partial charge in [0.15, 0.2) is 0 Å². The van der Waals surface area contributed by atoms with Crippen molar-refractivity contribution >= 4 is 10.0 Å². The van der Waals surface area contributed by atoms with Crippen molar-refractivity contribution in [3.63, 3.8) is 0 Å². The fourth-order valence-electron chi connectivity index (χ4n) is 0.256. The van der Waals surface area contributed by atoms with Gasteiger partial charge in [-0.15, -0.1) is 0 Å². The van der Waals surface area contributed by atoms with Crippen molar-refractivity contribution in [3.8, 4) is 0 Å². The van der Waals surface area contributed by atoms with Crippen molar-refractivity contribution in [1.29, 1.82) is 0 Å². The van der Waals surface area contributed by atoms with Gasteiger partial charge in [-0.1, -0.05) is 0 Å². The van der Waals surface area contributed by atoms with Gasteiger partial charge in [0.25, 0.3) is 0 Å². The normalized spacial score (nSPS) is 10.4. The SMILES string of the molecule is NS(=O)(=O)CCCF.[H-].[Na+]. The van der Waals surface area contributed by atoms with Crippen LogP contribution in [0.5, 0.6) is 0 Å². The summed E-state index contributed by atoms with van der Waals surface area (Å²) in [6.45, 7) is -0.629. The van der Waals surface area contributed by atoms with Crippen LogP contribution in [0.3, 0.4) is 0 Å². The molecule has 0 aromatic heterocycles. The summed E-state index contributed by atoms with van der Waals surface area (Å²) in [7, 11) is -3.43. The van der Waals surface area contributed by atoms with Crippen LogP contribution in [0.4, 0.5) is 4.39 Å². The summed E-state index contributed by atoms with van der Waals surface area (Å²) in [6, 6.07) is 0. The van der Waals surface area contributed by atoms with Crippen LogP contribution in [0.1, 0.15) is 7.85 Å². The van der Waals surface area contributed by atoms with Crippen LogP contribution in [-0.4, -0.2) is 20.8 Å². The summed E-state index contributed by atoms with van der Waals surface area (Å²) in [5.41, 5.74) is 0. The zero-order chi connectivity index (χ0) is 6.62. The van der Waals surface area contributed by atoms with E-state index in [1.807, 2.05) is 0 Å². The first-order valence-electron chi connectivity index (χ1n) is 2.12. The number of sulfonamides is 1. The van der Waals surface area contributed by atoms with E-state index in [0.29, 0.717) is 0 Å². The van der Waals surface area contributed by atoms with Gasteiger partial charge in [0.1, 0.15) is 0 Å². The molecule has 0 aliphatic rings. The summed E-state index contributed by atoms with van der Waals surface area (Å²) in [4.78, 5) is 0. The zero-order valence-corrected chi connectivity index (χ0v) is 8.12. The molecule has 0 radical (unpaired) electrons. The first-order chi connectivity index (χ1) is 3.56. The van der Waals surface area contributed by atoms with Crippen molar-refractivity contribution in [1.82, 2.24) is 0 Å². The number of primary sulfonamides is 1. The molecule has 0 saturated heterocycles. The third kappa shape index (κ3) is 12.1. The minimum atomic E-state index is -3.43. The average molecular weight is 165 g/mol. The van der Waals surface area contributed by atoms with Crippen LogP contribution in [0.2, 0.25) is 0 Å². The van der Waals surface area contributed by atoms with E-state index in [2.05, 4.69) is 5.14 Å². The number of hydrogen-bond acceptors (Lipinski definition) is 2. The van der Waals surface area contributed by atoms with Crippen molar-refractivity contribution in [2.75, 3.05) is 12.4 Å². The van der Waals surface area contributed by atoms with Gasteiger partial charge in [0, 0.05) is 0 Å². The fourth-order valence-corrected chi connectivity index (χ4v) is 0.767. The molecule has 0 atom stereocenters. The van der Waals surface area contributed by atoms with Crippen LogP contribution in [0, 0.1) is 0 Å². The Labute approximate surface area is 77.6 Å². The minimum Gasteiger partial charge on any atom is -1.00 e. The summed E-state index contributed by atoms with van der Waals surface area (Å²) < 4.78 is 31.2. The molecular formula is C3H9FNNaO2S. The Kier molecular flexibility index (Phi) is 7.80. The van der Waals surface area contributed by atoms with Crippen molar-refractivity contribution in [2.45, 2.75) is 6.42 Å². The molecule has 0 aromatic carbocycles. The van der Waals surface area contributed by atoms with Gasteiger partial charge in [0.05, 0.1) is 12.4 Å². The molecule has 0 aliphatic heterocycles. The van der Waals surface area contributed by atoms with Crippen LogP contribution >= 0.6 is 0 Å². The minimum absolute atomic E-state index is 0. The maximum Gasteiger partial charge on any atom is 1.00 e. The fraction of sp³-hybridized carbons (Fsp3) is 1.00. The van der Waals surface area contributed by atoms with Gasteiger partial charge in [-0.3, -0.25) is 4.39 Å². The van der Waals surface area contributed by atoms with E-state index in [1.165, 1.54) is 0 Å². The summed E-state index contributed by atoms with van der Waals surface area (Å²) in [5.74, 6) is -0.260. The van der Waals surface area contributed by atoms with Gasteiger partial charge in [-0.05, 0) is 6.42 Å². The maximum atomic E-state index is 11.2. The van der Waals surface area contributed by atoms with Gasteiger partial charge >= 0.3 is 29.6 Å². The molecule has 0 heterocycles. The second kappa shape index (κ2) is 5.61. The van der Waals surface area contributed by atoms with Gasteiger partial charge in [-0.25, -0.2) is 13.6 Å². The van der Waals surface area contributed by atoms with Crippen LogP contribution in [0.15, 0.2) is 0 Å². The van der Waals surface area contributed by atoms with Crippen LogP contribution in [-0.2, 0) is 10.0 Å². The maximum absolute atomic E-state index is 11.2. The van der Waals surface area contributed by atoms with E-state index >= 15 is 0 Å². The first-order valence-corrected chi connectivity index (χ1v) is 3.84. The van der Waals surface area contributed by atoms with Crippen molar-refractivity contribution < 1.29 is 43.8 Å². The van der Waals surface area contributed by atoms with Crippen LogP contribution < -0.4 is 34.7 Å². The average Bonchev–Trinajstić information content (AvgIpc) is 1.59. The summed E-state index contributed by atoms with van der Waals surface area (Å²) >= 11 is 0. The van der Waals surface area contributed by atoms with E-state index in [1.54, 1.807) is 0 Å². The Balaban J connectivity index is -0.000000245. The summed E-state index contributed by atoms with van der Waals surface area (Å²) in [5, 5.41) is 4.53. The molecule has 0 fully saturated rings. The third-order valence-electron chi connectivity index (χ3n) is 0.562. The van der Waals surface area contributed by atoms with Gasteiger partial charge < -0.3 is 1.43 Å². The molecule has 0 bridgehead atoms. The second-order valence-electron chi connectivity index (χ2n) is 1.41. The molecular weight excluding hydrogens is 156 g/mol. The predicted molar refractivity (Wildman–Crippen MR) is 29.7 cm³/mol. The molecule has 0 rings (SSSR count). The van der Waals surface area contributed by atoms with Crippen LogP contribution in [0.25, 0.3) is 0 Å².